The first-order chi connectivity index (χ1) is 11.2. The molecule has 1 aromatic carbocycles. The molecule has 0 atom stereocenters. The molecule has 1 aliphatic carbocycles. The van der Waals surface area contributed by atoms with Crippen LogP contribution in [0.1, 0.15) is 63.2 Å². The lowest BCUT2D eigenvalue weighted by molar-refractivity contribution is 0.0714. The topological polar surface area (TPSA) is 26.3 Å². The van der Waals surface area contributed by atoms with Gasteiger partial charge >= 0.3 is 0 Å². The third-order valence-corrected chi connectivity index (χ3v) is 9.87. The van der Waals surface area contributed by atoms with Crippen molar-refractivity contribution in [1.82, 2.24) is 0 Å². The summed E-state index contributed by atoms with van der Waals surface area (Å²) >= 11 is 0. The van der Waals surface area contributed by atoms with E-state index in [0.717, 1.165) is 25.7 Å². The molecule has 0 saturated heterocycles. The van der Waals surface area contributed by atoms with Gasteiger partial charge in [0.1, 0.15) is 5.60 Å². The molecule has 3 heteroatoms. The van der Waals surface area contributed by atoms with Crippen LogP contribution in [0.15, 0.2) is 30.3 Å². The van der Waals surface area contributed by atoms with Crippen LogP contribution in [0.3, 0.4) is 0 Å². The smallest absolute Gasteiger partial charge is 0.235 e. The standard InChI is InChI=1S/C21H30O2Si/c1-20(2,3)24(4,5)23-21(15-10-7-11-16-21)17-14-19(22)18-12-8-6-9-13-18/h6,8-9,12-13H,7,10-11,15-16H2,1-5H3. The number of carbonyl (C=O) groups excluding carboxylic acids is 1. The van der Waals surface area contributed by atoms with Gasteiger partial charge in [-0.15, -0.1) is 0 Å². The van der Waals surface area contributed by atoms with Crippen molar-refractivity contribution >= 4 is 14.1 Å². The molecule has 2 nitrogen and oxygen atoms in total. The van der Waals surface area contributed by atoms with Gasteiger partial charge in [-0.05, 0) is 49.7 Å². The molecular weight excluding hydrogens is 312 g/mol. The van der Waals surface area contributed by atoms with Crippen molar-refractivity contribution in [3.05, 3.63) is 35.9 Å². The molecule has 0 N–H and O–H groups in total. The van der Waals surface area contributed by atoms with Gasteiger partial charge in [-0.3, -0.25) is 4.79 Å². The molecule has 0 amide bonds. The van der Waals surface area contributed by atoms with Crippen LogP contribution >= 0.6 is 0 Å². The van der Waals surface area contributed by atoms with E-state index in [4.69, 9.17) is 4.43 Å². The average Bonchev–Trinajstić information content (AvgIpc) is 2.53. The molecule has 1 aromatic rings. The Morgan fingerprint density at radius 2 is 1.67 bits per heavy atom. The van der Waals surface area contributed by atoms with Gasteiger partial charge in [0.05, 0.1) is 0 Å². The molecule has 1 fully saturated rings. The quantitative estimate of drug-likeness (QED) is 0.309. The molecule has 2 rings (SSSR count). The molecule has 0 spiro atoms. The molecule has 0 unspecified atom stereocenters. The number of hydrogen-bond acceptors (Lipinski definition) is 2. The molecule has 0 heterocycles. The fourth-order valence-electron chi connectivity index (χ4n) is 2.85. The zero-order valence-electron chi connectivity index (χ0n) is 15.7. The fourth-order valence-corrected chi connectivity index (χ4v) is 4.39. The molecular formula is C21H30O2Si. The summed E-state index contributed by atoms with van der Waals surface area (Å²) in [5.41, 5.74) is 0.217. The molecule has 0 aliphatic heterocycles. The van der Waals surface area contributed by atoms with Crippen LogP contribution in [0.4, 0.5) is 0 Å². The Balaban J connectivity index is 2.26. The van der Waals surface area contributed by atoms with E-state index in [9.17, 15) is 4.79 Å². The lowest BCUT2D eigenvalue weighted by Crippen LogP contribution is -2.50. The van der Waals surface area contributed by atoms with E-state index >= 15 is 0 Å². The molecule has 130 valence electrons. The molecule has 0 radical (unpaired) electrons. The maximum atomic E-state index is 12.4. The van der Waals surface area contributed by atoms with E-state index in [0.29, 0.717) is 5.56 Å². The summed E-state index contributed by atoms with van der Waals surface area (Å²) in [4.78, 5) is 12.4. The number of rotatable bonds is 3. The van der Waals surface area contributed by atoms with Crippen molar-refractivity contribution < 1.29 is 9.22 Å². The van der Waals surface area contributed by atoms with Crippen molar-refractivity contribution in [3.8, 4) is 11.8 Å². The Hall–Kier alpha value is -1.37. The van der Waals surface area contributed by atoms with Gasteiger partial charge < -0.3 is 4.43 Å². The number of Topliss-reactive ketones (excluding diaryl/α,β-unsaturated/α-hetero) is 1. The predicted molar refractivity (Wildman–Crippen MR) is 103 cm³/mol. The van der Waals surface area contributed by atoms with Crippen molar-refractivity contribution in [1.29, 1.82) is 0 Å². The molecule has 0 aromatic heterocycles. The second-order valence-corrected chi connectivity index (χ2v) is 13.1. The number of carbonyl (C=O) groups is 1. The number of ketones is 1. The van der Waals surface area contributed by atoms with Crippen molar-refractivity contribution in [3.63, 3.8) is 0 Å². The van der Waals surface area contributed by atoms with E-state index in [-0.39, 0.29) is 10.8 Å². The summed E-state index contributed by atoms with van der Waals surface area (Å²) in [6, 6.07) is 9.29. The van der Waals surface area contributed by atoms with Gasteiger partial charge in [-0.2, -0.15) is 0 Å². The molecule has 1 saturated carbocycles. The lowest BCUT2D eigenvalue weighted by Gasteiger charge is -2.45. The largest absolute Gasteiger partial charge is 0.401 e. The number of hydrogen-bond donors (Lipinski definition) is 0. The average molecular weight is 343 g/mol. The Morgan fingerprint density at radius 3 is 2.21 bits per heavy atom. The lowest BCUT2D eigenvalue weighted by atomic mass is 9.85. The summed E-state index contributed by atoms with van der Waals surface area (Å²) in [6.45, 7) is 11.3. The van der Waals surface area contributed by atoms with Crippen molar-refractivity contribution in [2.24, 2.45) is 0 Å². The summed E-state index contributed by atoms with van der Waals surface area (Å²) in [5, 5.41) is 0.141. The van der Waals surface area contributed by atoms with Crippen LogP contribution in [-0.2, 0) is 4.43 Å². The van der Waals surface area contributed by atoms with Crippen LogP contribution in [0, 0.1) is 11.8 Å². The molecule has 24 heavy (non-hydrogen) atoms. The highest BCUT2D eigenvalue weighted by atomic mass is 28.4. The summed E-state index contributed by atoms with van der Waals surface area (Å²) in [5.74, 6) is 6.05. The van der Waals surface area contributed by atoms with E-state index in [2.05, 4.69) is 45.7 Å². The van der Waals surface area contributed by atoms with E-state index in [1.807, 2.05) is 30.3 Å². The Labute approximate surface area is 148 Å². The van der Waals surface area contributed by atoms with Crippen LogP contribution in [-0.4, -0.2) is 19.7 Å². The van der Waals surface area contributed by atoms with Crippen LogP contribution < -0.4 is 0 Å². The Kier molecular flexibility index (Phi) is 5.73. The zero-order valence-corrected chi connectivity index (χ0v) is 16.7. The first-order valence-electron chi connectivity index (χ1n) is 8.98. The monoisotopic (exact) mass is 342 g/mol. The maximum absolute atomic E-state index is 12.4. The van der Waals surface area contributed by atoms with Crippen LogP contribution in [0.5, 0.6) is 0 Å². The second-order valence-electron chi connectivity index (χ2n) is 8.36. The van der Waals surface area contributed by atoms with Gasteiger partial charge in [0, 0.05) is 5.56 Å². The van der Waals surface area contributed by atoms with Crippen LogP contribution in [0.2, 0.25) is 18.1 Å². The summed E-state index contributed by atoms with van der Waals surface area (Å²) in [6.07, 6.45) is 5.37. The minimum Gasteiger partial charge on any atom is -0.401 e. The first-order valence-corrected chi connectivity index (χ1v) is 11.9. The SMILES string of the molecule is CC(C)(C)[Si](C)(C)OC1(C#CC(=O)c2ccccc2)CCCCC1. The predicted octanol–water partition coefficient (Wildman–Crippen LogP) is 5.60. The summed E-state index contributed by atoms with van der Waals surface area (Å²) in [7, 11) is -1.93. The van der Waals surface area contributed by atoms with E-state index in [1.54, 1.807) is 0 Å². The normalized spacial score (nSPS) is 17.7. The minimum atomic E-state index is -1.93. The van der Waals surface area contributed by atoms with Gasteiger partial charge in [0.15, 0.2) is 8.32 Å². The number of benzene rings is 1. The Bertz CT molecular complexity index is 623. The van der Waals surface area contributed by atoms with E-state index in [1.165, 1.54) is 6.42 Å². The summed E-state index contributed by atoms with van der Waals surface area (Å²) < 4.78 is 6.73. The van der Waals surface area contributed by atoms with Gasteiger partial charge in [-0.25, -0.2) is 0 Å². The molecule has 1 aliphatic rings. The highest BCUT2D eigenvalue weighted by Crippen LogP contribution is 2.42. The highest BCUT2D eigenvalue weighted by molar-refractivity contribution is 6.74. The Morgan fingerprint density at radius 1 is 1.08 bits per heavy atom. The van der Waals surface area contributed by atoms with Crippen molar-refractivity contribution in [2.75, 3.05) is 0 Å². The zero-order chi connectivity index (χ0) is 17.8. The second kappa shape index (κ2) is 7.25. The van der Waals surface area contributed by atoms with Gasteiger partial charge in [-0.1, -0.05) is 63.4 Å². The van der Waals surface area contributed by atoms with Crippen molar-refractivity contribution in [2.45, 2.75) is 76.6 Å². The minimum absolute atomic E-state index is 0.112. The first kappa shape index (κ1) is 19.0. The van der Waals surface area contributed by atoms with Crippen LogP contribution in [0.25, 0.3) is 0 Å². The third kappa shape index (κ3) is 4.59. The van der Waals surface area contributed by atoms with Gasteiger partial charge in [0.2, 0.25) is 5.78 Å². The maximum Gasteiger partial charge on any atom is 0.235 e. The highest BCUT2D eigenvalue weighted by Gasteiger charge is 2.44. The molecule has 0 bridgehead atoms. The third-order valence-electron chi connectivity index (χ3n) is 5.36. The van der Waals surface area contributed by atoms with Gasteiger partial charge in [0.25, 0.3) is 0 Å². The fraction of sp³-hybridized carbons (Fsp3) is 0.571. The van der Waals surface area contributed by atoms with E-state index < -0.39 is 13.9 Å².